The lowest BCUT2D eigenvalue weighted by Gasteiger charge is -2.22. The molecule has 2 aliphatic heterocycles. The lowest BCUT2D eigenvalue weighted by atomic mass is 10.0. The highest BCUT2D eigenvalue weighted by Gasteiger charge is 2.56. The van der Waals surface area contributed by atoms with Gasteiger partial charge >= 0.3 is 0 Å². The van der Waals surface area contributed by atoms with E-state index in [-0.39, 0.29) is 5.91 Å². The highest BCUT2D eigenvalue weighted by atomic mass is 35.5. The fourth-order valence-electron chi connectivity index (χ4n) is 4.02. The normalized spacial score (nSPS) is 17.3. The van der Waals surface area contributed by atoms with Crippen LogP contribution in [0.15, 0.2) is 30.3 Å². The molecular weight excluding hydrogens is 425 g/mol. The summed E-state index contributed by atoms with van der Waals surface area (Å²) in [6.07, 6.45) is 0.621. The van der Waals surface area contributed by atoms with E-state index in [0.29, 0.717) is 60.0 Å². The van der Waals surface area contributed by atoms with Crippen LogP contribution in [-0.4, -0.2) is 32.3 Å². The van der Waals surface area contributed by atoms with Gasteiger partial charge in [0, 0.05) is 12.1 Å². The number of nitrogens with zero attached hydrogens (tertiary/aromatic N) is 1. The Bertz CT molecular complexity index is 970. The number of hydrogen-bond acceptors (Lipinski definition) is 4. The van der Waals surface area contributed by atoms with Crippen LogP contribution in [0, 0.1) is 6.92 Å². The van der Waals surface area contributed by atoms with Crippen molar-refractivity contribution in [3.63, 3.8) is 0 Å². The second kappa shape index (κ2) is 8.39. The first-order valence-electron chi connectivity index (χ1n) is 10.2. The third-order valence-electron chi connectivity index (χ3n) is 5.49. The topological polar surface area (TPSA) is 48.0 Å². The number of anilines is 1. The molecule has 5 nitrogen and oxygen atoms in total. The molecule has 0 bridgehead atoms. The Morgan fingerprint density at radius 1 is 1.17 bits per heavy atom. The molecule has 2 heterocycles. The quantitative estimate of drug-likeness (QED) is 0.550. The monoisotopic (exact) mass is 449 g/mol. The number of carbonyl (C=O) groups is 1. The van der Waals surface area contributed by atoms with E-state index in [2.05, 4.69) is 32.0 Å². The highest BCUT2D eigenvalue weighted by Crippen LogP contribution is 2.50. The second-order valence-electron chi connectivity index (χ2n) is 7.93. The van der Waals surface area contributed by atoms with Crippen molar-refractivity contribution >= 4 is 34.8 Å². The number of carbonyl (C=O) groups excluding carboxylic acids is 1. The van der Waals surface area contributed by atoms with Gasteiger partial charge in [0.15, 0.2) is 0 Å². The first-order valence-corrected chi connectivity index (χ1v) is 10.9. The van der Waals surface area contributed by atoms with Gasteiger partial charge in [-0.15, -0.1) is 0 Å². The van der Waals surface area contributed by atoms with Gasteiger partial charge in [-0.1, -0.05) is 49.2 Å². The molecule has 0 saturated carbocycles. The highest BCUT2D eigenvalue weighted by molar-refractivity contribution is 6.44. The zero-order valence-corrected chi connectivity index (χ0v) is 18.8. The predicted molar refractivity (Wildman–Crippen MR) is 118 cm³/mol. The van der Waals surface area contributed by atoms with Crippen LogP contribution in [0.25, 0.3) is 0 Å². The Balaban J connectivity index is 1.51. The zero-order valence-electron chi connectivity index (χ0n) is 17.3. The van der Waals surface area contributed by atoms with E-state index in [4.69, 9.17) is 37.4 Å². The van der Waals surface area contributed by atoms with Crippen molar-refractivity contribution < 1.29 is 19.0 Å². The first-order chi connectivity index (χ1) is 14.3. The number of hydrogen-bond donors (Lipinski definition) is 0. The van der Waals surface area contributed by atoms with E-state index in [1.807, 2.05) is 6.92 Å². The molecule has 0 radical (unpaired) electrons. The van der Waals surface area contributed by atoms with Gasteiger partial charge in [-0.3, -0.25) is 4.79 Å². The molecule has 0 aliphatic carbocycles. The number of halogens is 2. The van der Waals surface area contributed by atoms with Crippen molar-refractivity contribution in [3.8, 4) is 5.75 Å². The Kier molecular flexibility index (Phi) is 5.99. The largest absolute Gasteiger partial charge is 0.493 e. The molecule has 2 aliphatic rings. The summed E-state index contributed by atoms with van der Waals surface area (Å²) >= 11 is 12.7. The van der Waals surface area contributed by atoms with E-state index in [9.17, 15) is 4.79 Å². The fourth-order valence-corrected chi connectivity index (χ4v) is 4.44. The maximum absolute atomic E-state index is 13.2. The average Bonchev–Trinajstić information content (AvgIpc) is 3.28. The summed E-state index contributed by atoms with van der Waals surface area (Å²) in [6.45, 7) is 7.93. The van der Waals surface area contributed by atoms with Crippen molar-refractivity contribution in [1.29, 1.82) is 0 Å². The Morgan fingerprint density at radius 3 is 2.60 bits per heavy atom. The molecule has 1 spiro atoms. The minimum atomic E-state index is -1.41. The van der Waals surface area contributed by atoms with Crippen LogP contribution in [0.1, 0.15) is 42.9 Å². The summed E-state index contributed by atoms with van der Waals surface area (Å²) in [5, 5.41) is 0.723. The standard InChI is InChI=1S/C23H25Cl2NO4/c1-14(2)16-6-5-15(3)13-19(16)28-10-4-9-26-21-17(7-8-18(24)20(21)25)23(22(26)27)29-11-12-30-23/h5-8,13-14H,4,9-12H2,1-3H3. The van der Waals surface area contributed by atoms with Crippen LogP contribution >= 0.6 is 23.2 Å². The van der Waals surface area contributed by atoms with E-state index >= 15 is 0 Å². The van der Waals surface area contributed by atoms with Crippen molar-refractivity contribution in [2.75, 3.05) is 31.3 Å². The van der Waals surface area contributed by atoms with Gasteiger partial charge < -0.3 is 19.1 Å². The molecule has 0 unspecified atom stereocenters. The molecule has 2 aromatic carbocycles. The van der Waals surface area contributed by atoms with Crippen molar-refractivity contribution in [3.05, 3.63) is 57.1 Å². The maximum Gasteiger partial charge on any atom is 0.292 e. The molecule has 1 saturated heterocycles. The molecule has 0 N–H and O–H groups in total. The smallest absolute Gasteiger partial charge is 0.292 e. The number of rotatable bonds is 6. The third kappa shape index (κ3) is 3.58. The van der Waals surface area contributed by atoms with Crippen LogP contribution in [0.3, 0.4) is 0 Å². The first kappa shape index (κ1) is 21.4. The van der Waals surface area contributed by atoms with E-state index in [1.165, 1.54) is 5.56 Å². The minimum absolute atomic E-state index is 0.266. The van der Waals surface area contributed by atoms with Gasteiger partial charge in [-0.2, -0.15) is 0 Å². The molecule has 4 rings (SSSR count). The van der Waals surface area contributed by atoms with E-state index in [1.54, 1.807) is 17.0 Å². The Hall–Kier alpha value is -1.79. The Labute approximate surface area is 186 Å². The van der Waals surface area contributed by atoms with Crippen molar-refractivity contribution in [1.82, 2.24) is 0 Å². The molecule has 1 fully saturated rings. The fraction of sp³-hybridized carbons (Fsp3) is 0.435. The number of aryl methyl sites for hydroxylation is 1. The second-order valence-corrected chi connectivity index (χ2v) is 8.71. The number of amides is 1. The molecular formula is C23H25Cl2NO4. The molecule has 7 heteroatoms. The Morgan fingerprint density at radius 2 is 1.90 bits per heavy atom. The summed E-state index contributed by atoms with van der Waals surface area (Å²) in [4.78, 5) is 14.8. The van der Waals surface area contributed by atoms with Gasteiger partial charge in [-0.25, -0.2) is 0 Å². The molecule has 160 valence electrons. The van der Waals surface area contributed by atoms with E-state index in [0.717, 1.165) is 11.3 Å². The lowest BCUT2D eigenvalue weighted by molar-refractivity contribution is -0.180. The maximum atomic E-state index is 13.2. The van der Waals surface area contributed by atoms with Crippen molar-refractivity contribution in [2.24, 2.45) is 0 Å². The molecule has 30 heavy (non-hydrogen) atoms. The predicted octanol–water partition coefficient (Wildman–Crippen LogP) is 5.44. The average molecular weight is 450 g/mol. The number of benzene rings is 2. The van der Waals surface area contributed by atoms with Gasteiger partial charge in [-0.05, 0) is 48.6 Å². The minimum Gasteiger partial charge on any atom is -0.493 e. The molecule has 2 aromatic rings. The molecule has 1 amide bonds. The summed E-state index contributed by atoms with van der Waals surface area (Å²) in [5.74, 6) is -0.424. The summed E-state index contributed by atoms with van der Waals surface area (Å²) in [5.41, 5.74) is 3.50. The molecule has 0 atom stereocenters. The van der Waals surface area contributed by atoms with Crippen molar-refractivity contribution in [2.45, 2.75) is 38.9 Å². The summed E-state index contributed by atoms with van der Waals surface area (Å²) in [7, 11) is 0. The van der Waals surface area contributed by atoms with Gasteiger partial charge in [0.05, 0.1) is 35.6 Å². The van der Waals surface area contributed by atoms with Crippen LogP contribution in [-0.2, 0) is 20.1 Å². The number of fused-ring (bicyclic) bond motifs is 2. The van der Waals surface area contributed by atoms with E-state index < -0.39 is 5.79 Å². The third-order valence-corrected chi connectivity index (χ3v) is 6.28. The van der Waals surface area contributed by atoms with Gasteiger partial charge in [0.1, 0.15) is 5.75 Å². The zero-order chi connectivity index (χ0) is 21.5. The number of ether oxygens (including phenoxy) is 3. The van der Waals surface area contributed by atoms with Crippen LogP contribution in [0.2, 0.25) is 10.0 Å². The van der Waals surface area contributed by atoms with Gasteiger partial charge in [0.25, 0.3) is 11.7 Å². The summed E-state index contributed by atoms with van der Waals surface area (Å²) < 4.78 is 17.6. The van der Waals surface area contributed by atoms with Crippen LogP contribution in [0.5, 0.6) is 5.75 Å². The van der Waals surface area contributed by atoms with Crippen LogP contribution in [0.4, 0.5) is 5.69 Å². The molecule has 0 aromatic heterocycles. The van der Waals surface area contributed by atoms with Crippen LogP contribution < -0.4 is 9.64 Å². The lowest BCUT2D eigenvalue weighted by Crippen LogP contribution is -2.41. The van der Waals surface area contributed by atoms with Gasteiger partial charge in [0.2, 0.25) is 0 Å². The summed E-state index contributed by atoms with van der Waals surface area (Å²) in [6, 6.07) is 9.67. The SMILES string of the molecule is Cc1ccc(C(C)C)c(OCCCN2C(=O)C3(OCCO3)c3ccc(Cl)c(Cl)c32)c1.